The van der Waals surface area contributed by atoms with Gasteiger partial charge in [0.1, 0.15) is 5.75 Å². The smallest absolute Gasteiger partial charge is 0.253 e. The highest BCUT2D eigenvalue weighted by Gasteiger charge is 2.07. The first-order valence-electron chi connectivity index (χ1n) is 8.03. The largest absolute Gasteiger partial charge is 0.497 e. The molecule has 0 aliphatic rings. The Morgan fingerprint density at radius 1 is 1.08 bits per heavy atom. The Hall–Kier alpha value is -3.05. The Bertz CT molecular complexity index is 898. The Morgan fingerprint density at radius 3 is 2.62 bits per heavy atom. The van der Waals surface area contributed by atoms with E-state index in [1.807, 2.05) is 36.4 Å². The lowest BCUT2D eigenvalue weighted by Crippen LogP contribution is -2.23. The standard InChI is InChI=1S/C20H18ClN3O2/c1-26-19-7-5-14(6-8-19)11-23-20(25)15-9-18(13-22-12-15)24-17-4-2-3-16(21)10-17/h2-10,12-13,24H,11H2,1H3,(H,23,25). The van der Waals surface area contributed by atoms with Gasteiger partial charge >= 0.3 is 0 Å². The van der Waals surface area contributed by atoms with Gasteiger partial charge in [-0.1, -0.05) is 29.8 Å². The summed E-state index contributed by atoms with van der Waals surface area (Å²) < 4.78 is 5.12. The molecule has 0 fully saturated rings. The lowest BCUT2D eigenvalue weighted by molar-refractivity contribution is 0.0950. The summed E-state index contributed by atoms with van der Waals surface area (Å²) in [4.78, 5) is 16.5. The summed E-state index contributed by atoms with van der Waals surface area (Å²) in [6.07, 6.45) is 3.19. The van der Waals surface area contributed by atoms with E-state index in [9.17, 15) is 4.79 Å². The van der Waals surface area contributed by atoms with Crippen molar-refractivity contribution < 1.29 is 9.53 Å². The Morgan fingerprint density at radius 2 is 1.88 bits per heavy atom. The molecule has 0 saturated carbocycles. The predicted octanol–water partition coefficient (Wildman–Crippen LogP) is 4.42. The first-order chi connectivity index (χ1) is 12.6. The summed E-state index contributed by atoms with van der Waals surface area (Å²) >= 11 is 5.98. The average Bonchev–Trinajstić information content (AvgIpc) is 2.67. The zero-order valence-electron chi connectivity index (χ0n) is 14.2. The van der Waals surface area contributed by atoms with Gasteiger partial charge < -0.3 is 15.4 Å². The molecule has 3 aromatic rings. The van der Waals surface area contributed by atoms with Crippen LogP contribution in [0.15, 0.2) is 67.0 Å². The average molecular weight is 368 g/mol. The molecule has 1 aromatic heterocycles. The summed E-state index contributed by atoms with van der Waals surface area (Å²) in [7, 11) is 1.62. The predicted molar refractivity (Wildman–Crippen MR) is 103 cm³/mol. The number of hydrogen-bond acceptors (Lipinski definition) is 4. The van der Waals surface area contributed by atoms with Crippen LogP contribution in [0.25, 0.3) is 0 Å². The van der Waals surface area contributed by atoms with Gasteiger partial charge in [-0.3, -0.25) is 9.78 Å². The first kappa shape index (κ1) is 17.8. The van der Waals surface area contributed by atoms with Gasteiger partial charge in [0.2, 0.25) is 0 Å². The van der Waals surface area contributed by atoms with Gasteiger partial charge in [-0.15, -0.1) is 0 Å². The lowest BCUT2D eigenvalue weighted by Gasteiger charge is -2.09. The van der Waals surface area contributed by atoms with Crippen LogP contribution in [0.5, 0.6) is 5.75 Å². The van der Waals surface area contributed by atoms with E-state index in [1.165, 1.54) is 6.20 Å². The second kappa shape index (κ2) is 8.36. The van der Waals surface area contributed by atoms with Crippen molar-refractivity contribution in [2.45, 2.75) is 6.54 Å². The van der Waals surface area contributed by atoms with E-state index in [4.69, 9.17) is 16.3 Å². The van der Waals surface area contributed by atoms with Gasteiger partial charge in [-0.05, 0) is 42.0 Å². The van der Waals surface area contributed by atoms with Crippen LogP contribution in [-0.4, -0.2) is 18.0 Å². The van der Waals surface area contributed by atoms with Crippen molar-refractivity contribution in [2.24, 2.45) is 0 Å². The van der Waals surface area contributed by atoms with Crippen LogP contribution in [-0.2, 0) is 6.54 Å². The number of aromatic nitrogens is 1. The molecule has 0 unspecified atom stereocenters. The summed E-state index contributed by atoms with van der Waals surface area (Å²) in [5.41, 5.74) is 3.00. The van der Waals surface area contributed by atoms with Gasteiger partial charge in [0, 0.05) is 23.5 Å². The molecule has 1 amide bonds. The number of methoxy groups -OCH3 is 1. The third-order valence-corrected chi connectivity index (χ3v) is 3.96. The van der Waals surface area contributed by atoms with E-state index in [0.717, 1.165) is 17.0 Å². The minimum atomic E-state index is -0.192. The van der Waals surface area contributed by atoms with E-state index < -0.39 is 0 Å². The molecule has 2 aromatic carbocycles. The fourth-order valence-electron chi connectivity index (χ4n) is 2.39. The van der Waals surface area contributed by atoms with Crippen LogP contribution < -0.4 is 15.4 Å². The molecule has 0 aliphatic carbocycles. The molecule has 0 bridgehead atoms. The monoisotopic (exact) mass is 367 g/mol. The molecule has 0 saturated heterocycles. The van der Waals surface area contributed by atoms with E-state index in [1.54, 1.807) is 31.5 Å². The second-order valence-corrected chi connectivity index (χ2v) is 6.06. The molecule has 6 heteroatoms. The van der Waals surface area contributed by atoms with Crippen molar-refractivity contribution in [3.8, 4) is 5.75 Å². The Kier molecular flexibility index (Phi) is 5.71. The maximum atomic E-state index is 12.4. The highest BCUT2D eigenvalue weighted by atomic mass is 35.5. The van der Waals surface area contributed by atoms with E-state index in [0.29, 0.717) is 22.8 Å². The maximum absolute atomic E-state index is 12.4. The number of rotatable bonds is 6. The van der Waals surface area contributed by atoms with Crippen molar-refractivity contribution in [3.63, 3.8) is 0 Å². The molecule has 2 N–H and O–H groups in total. The fraction of sp³-hybridized carbons (Fsp3) is 0.100. The highest BCUT2D eigenvalue weighted by Crippen LogP contribution is 2.20. The lowest BCUT2D eigenvalue weighted by atomic mass is 10.2. The van der Waals surface area contributed by atoms with Crippen molar-refractivity contribution in [1.82, 2.24) is 10.3 Å². The minimum Gasteiger partial charge on any atom is -0.497 e. The van der Waals surface area contributed by atoms with Crippen LogP contribution in [0.3, 0.4) is 0 Å². The third kappa shape index (κ3) is 4.74. The van der Waals surface area contributed by atoms with Crippen molar-refractivity contribution in [3.05, 3.63) is 83.1 Å². The number of hydrogen-bond donors (Lipinski definition) is 2. The van der Waals surface area contributed by atoms with Gasteiger partial charge in [0.05, 0.1) is 24.6 Å². The summed E-state index contributed by atoms with van der Waals surface area (Å²) in [5.74, 6) is 0.590. The minimum absolute atomic E-state index is 0.192. The SMILES string of the molecule is COc1ccc(CNC(=O)c2cncc(Nc3cccc(Cl)c3)c2)cc1. The molecule has 0 atom stereocenters. The summed E-state index contributed by atoms with van der Waals surface area (Å²) in [6.45, 7) is 0.425. The number of nitrogens with one attached hydrogen (secondary N) is 2. The van der Waals surface area contributed by atoms with Crippen LogP contribution in [0, 0.1) is 0 Å². The van der Waals surface area contributed by atoms with E-state index in [2.05, 4.69) is 15.6 Å². The second-order valence-electron chi connectivity index (χ2n) is 5.63. The maximum Gasteiger partial charge on any atom is 0.253 e. The molecule has 0 aliphatic heterocycles. The highest BCUT2D eigenvalue weighted by molar-refractivity contribution is 6.30. The number of carbonyl (C=O) groups is 1. The number of benzene rings is 2. The van der Waals surface area contributed by atoms with Crippen molar-refractivity contribution in [2.75, 3.05) is 12.4 Å². The first-order valence-corrected chi connectivity index (χ1v) is 8.40. The quantitative estimate of drug-likeness (QED) is 0.677. The molecule has 0 spiro atoms. The summed E-state index contributed by atoms with van der Waals surface area (Å²) in [5, 5.41) is 6.71. The normalized spacial score (nSPS) is 10.2. The van der Waals surface area contributed by atoms with Gasteiger partial charge in [0.25, 0.3) is 5.91 Å². The third-order valence-electron chi connectivity index (χ3n) is 3.73. The molecular weight excluding hydrogens is 350 g/mol. The number of anilines is 2. The topological polar surface area (TPSA) is 63.2 Å². The molecule has 5 nitrogen and oxygen atoms in total. The van der Waals surface area contributed by atoms with Crippen molar-refractivity contribution in [1.29, 1.82) is 0 Å². The van der Waals surface area contributed by atoms with Crippen LogP contribution >= 0.6 is 11.6 Å². The number of halogens is 1. The number of carbonyl (C=O) groups excluding carboxylic acids is 1. The molecular formula is C20H18ClN3O2. The number of ether oxygens (including phenoxy) is 1. The molecule has 0 radical (unpaired) electrons. The van der Waals surface area contributed by atoms with E-state index in [-0.39, 0.29) is 5.91 Å². The summed E-state index contributed by atoms with van der Waals surface area (Å²) in [6, 6.07) is 16.6. The van der Waals surface area contributed by atoms with Gasteiger partial charge in [-0.25, -0.2) is 0 Å². The number of pyridine rings is 1. The zero-order chi connectivity index (χ0) is 18.4. The number of amides is 1. The van der Waals surface area contributed by atoms with Crippen molar-refractivity contribution >= 4 is 28.9 Å². The Labute approximate surface area is 157 Å². The molecule has 132 valence electrons. The van der Waals surface area contributed by atoms with Crippen LogP contribution in [0.1, 0.15) is 15.9 Å². The van der Waals surface area contributed by atoms with Crippen LogP contribution in [0.2, 0.25) is 5.02 Å². The number of nitrogens with zero attached hydrogens (tertiary/aromatic N) is 1. The molecule has 1 heterocycles. The van der Waals surface area contributed by atoms with E-state index >= 15 is 0 Å². The fourth-order valence-corrected chi connectivity index (χ4v) is 2.58. The zero-order valence-corrected chi connectivity index (χ0v) is 15.0. The molecule has 3 rings (SSSR count). The van der Waals surface area contributed by atoms with Crippen LogP contribution in [0.4, 0.5) is 11.4 Å². The van der Waals surface area contributed by atoms with Gasteiger partial charge in [-0.2, -0.15) is 0 Å². The molecule has 26 heavy (non-hydrogen) atoms. The Balaban J connectivity index is 1.63. The van der Waals surface area contributed by atoms with Gasteiger partial charge in [0.15, 0.2) is 0 Å².